The smallest absolute Gasteiger partial charge is 0.123 e. The summed E-state index contributed by atoms with van der Waals surface area (Å²) in [6.07, 6.45) is -0.716. The number of aliphatic hydroxyl groups is 1. The van der Waals surface area contributed by atoms with Gasteiger partial charge in [0, 0.05) is 31.2 Å². The van der Waals surface area contributed by atoms with Gasteiger partial charge < -0.3 is 10.0 Å². The topological polar surface area (TPSA) is 50.5 Å². The van der Waals surface area contributed by atoms with E-state index in [0.29, 0.717) is 40.8 Å². The maximum atomic E-state index is 13.2. The number of nitriles is 1. The van der Waals surface area contributed by atoms with E-state index < -0.39 is 6.10 Å². The largest absolute Gasteiger partial charge is 0.387 e. The number of benzene rings is 3. The van der Waals surface area contributed by atoms with E-state index in [2.05, 4.69) is 15.9 Å². The van der Waals surface area contributed by atoms with Gasteiger partial charge in [-0.2, -0.15) is 5.26 Å². The Kier molecular flexibility index (Phi) is 6.98. The van der Waals surface area contributed by atoms with E-state index in [1.54, 1.807) is 24.3 Å². The first kappa shape index (κ1) is 22.6. The molecular weight excluding hydrogens is 448 g/mol. The van der Waals surface area contributed by atoms with Crippen LogP contribution in [0.25, 0.3) is 0 Å². The van der Waals surface area contributed by atoms with Crippen LogP contribution in [-0.4, -0.2) is 36.2 Å². The Bertz CT molecular complexity index is 1120. The van der Waals surface area contributed by atoms with Crippen molar-refractivity contribution >= 4 is 28.9 Å². The van der Waals surface area contributed by atoms with Crippen LogP contribution in [0.15, 0.2) is 66.7 Å². The summed E-state index contributed by atoms with van der Waals surface area (Å²) in [5.74, 6) is -0.323. The molecule has 3 aromatic carbocycles. The lowest BCUT2D eigenvalue weighted by Crippen LogP contribution is -2.49. The predicted molar refractivity (Wildman–Crippen MR) is 126 cm³/mol. The van der Waals surface area contributed by atoms with Crippen LogP contribution in [0.2, 0.25) is 10.0 Å². The Labute approximate surface area is 197 Å². The quantitative estimate of drug-likeness (QED) is 0.528. The second-order valence-corrected chi connectivity index (χ2v) is 8.71. The van der Waals surface area contributed by atoms with Crippen molar-refractivity contribution in [3.05, 3.63) is 99.3 Å². The fourth-order valence-corrected chi connectivity index (χ4v) is 4.52. The lowest BCUT2D eigenvalue weighted by atomic mass is 10.00. The summed E-state index contributed by atoms with van der Waals surface area (Å²) in [6.45, 7) is 2.51. The number of anilines is 1. The van der Waals surface area contributed by atoms with Crippen LogP contribution in [0.1, 0.15) is 28.8 Å². The fraction of sp³-hybridized carbons (Fsp3) is 0.240. The van der Waals surface area contributed by atoms with Crippen molar-refractivity contribution in [2.75, 3.05) is 31.1 Å². The number of aliphatic hydroxyl groups excluding tert-OH is 1. The highest BCUT2D eigenvalue weighted by molar-refractivity contribution is 6.33. The standard InChI is InChI=1S/C25H22Cl2FN3O/c26-20-6-2-18(3-7-20)24-15-30(16-25(32)19-4-8-21(28)9-5-19)11-12-31(24)23-10-1-17(14-29)13-22(23)27/h1-10,13,24-25,32H,11-12,15-16H2/t24-,25?/m0/s1. The number of hydrogen-bond donors (Lipinski definition) is 1. The van der Waals surface area contributed by atoms with Gasteiger partial charge in [-0.1, -0.05) is 47.5 Å². The molecule has 1 aliphatic rings. The van der Waals surface area contributed by atoms with Crippen LogP contribution in [0.5, 0.6) is 0 Å². The van der Waals surface area contributed by atoms with Gasteiger partial charge in [-0.25, -0.2) is 4.39 Å². The second-order valence-electron chi connectivity index (χ2n) is 7.87. The highest BCUT2D eigenvalue weighted by Gasteiger charge is 2.30. The third-order valence-electron chi connectivity index (χ3n) is 5.79. The van der Waals surface area contributed by atoms with Crippen molar-refractivity contribution in [3.8, 4) is 6.07 Å². The maximum absolute atomic E-state index is 13.2. The number of halogens is 3. The van der Waals surface area contributed by atoms with Crippen LogP contribution < -0.4 is 4.90 Å². The normalized spacial score (nSPS) is 17.7. The van der Waals surface area contributed by atoms with Crippen LogP contribution in [0.3, 0.4) is 0 Å². The molecule has 2 atom stereocenters. The molecule has 0 aromatic heterocycles. The predicted octanol–water partition coefficient (Wildman–Crippen LogP) is 5.60. The van der Waals surface area contributed by atoms with Crippen molar-refractivity contribution in [1.29, 1.82) is 5.26 Å². The van der Waals surface area contributed by atoms with E-state index in [9.17, 15) is 9.50 Å². The molecule has 164 valence electrons. The Morgan fingerprint density at radius 1 is 1.03 bits per heavy atom. The molecule has 32 heavy (non-hydrogen) atoms. The second kappa shape index (κ2) is 9.89. The number of piperazine rings is 1. The summed E-state index contributed by atoms with van der Waals surface area (Å²) in [5, 5.41) is 21.0. The fourth-order valence-electron chi connectivity index (χ4n) is 4.11. The van der Waals surface area contributed by atoms with Crippen molar-refractivity contribution in [3.63, 3.8) is 0 Å². The average molecular weight is 470 g/mol. The van der Waals surface area contributed by atoms with Crippen molar-refractivity contribution in [1.82, 2.24) is 4.90 Å². The summed E-state index contributed by atoms with van der Waals surface area (Å²) in [6, 6.07) is 21.1. The van der Waals surface area contributed by atoms with Gasteiger partial charge >= 0.3 is 0 Å². The molecule has 0 spiro atoms. The summed E-state index contributed by atoms with van der Waals surface area (Å²) >= 11 is 12.6. The highest BCUT2D eigenvalue weighted by atomic mass is 35.5. The van der Waals surface area contributed by atoms with Crippen LogP contribution in [-0.2, 0) is 0 Å². The molecule has 0 saturated carbocycles. The van der Waals surface area contributed by atoms with E-state index in [-0.39, 0.29) is 11.9 Å². The first-order valence-corrected chi connectivity index (χ1v) is 11.1. The lowest BCUT2D eigenvalue weighted by molar-refractivity contribution is 0.100. The monoisotopic (exact) mass is 469 g/mol. The number of nitrogens with zero attached hydrogens (tertiary/aromatic N) is 3. The maximum Gasteiger partial charge on any atom is 0.123 e. The molecule has 1 heterocycles. The molecule has 0 bridgehead atoms. The zero-order chi connectivity index (χ0) is 22.7. The van der Waals surface area contributed by atoms with Crippen LogP contribution in [0, 0.1) is 17.1 Å². The van der Waals surface area contributed by atoms with E-state index in [1.807, 2.05) is 30.3 Å². The Hall–Kier alpha value is -2.62. The van der Waals surface area contributed by atoms with Gasteiger partial charge in [0.15, 0.2) is 0 Å². The third kappa shape index (κ3) is 5.06. The zero-order valence-corrected chi connectivity index (χ0v) is 18.8. The van der Waals surface area contributed by atoms with Gasteiger partial charge in [-0.15, -0.1) is 0 Å². The molecule has 1 saturated heterocycles. The molecule has 1 N–H and O–H groups in total. The number of hydrogen-bond acceptors (Lipinski definition) is 4. The SMILES string of the molecule is N#Cc1ccc(N2CCN(CC(O)c3ccc(F)cc3)C[C@H]2c2ccc(Cl)cc2)c(Cl)c1. The Morgan fingerprint density at radius 3 is 2.41 bits per heavy atom. The molecule has 0 amide bonds. The van der Waals surface area contributed by atoms with Gasteiger partial charge in [0.2, 0.25) is 0 Å². The van der Waals surface area contributed by atoms with Crippen molar-refractivity contribution in [2.24, 2.45) is 0 Å². The molecular formula is C25H22Cl2FN3O. The minimum Gasteiger partial charge on any atom is -0.387 e. The molecule has 4 rings (SSSR count). The van der Waals surface area contributed by atoms with Gasteiger partial charge in [0.25, 0.3) is 0 Å². The van der Waals surface area contributed by atoms with Crippen LogP contribution >= 0.6 is 23.2 Å². The van der Waals surface area contributed by atoms with Crippen molar-refractivity contribution < 1.29 is 9.50 Å². The van der Waals surface area contributed by atoms with Gasteiger partial charge in [0.05, 0.1) is 34.5 Å². The van der Waals surface area contributed by atoms with Gasteiger partial charge in [-0.3, -0.25) is 4.90 Å². The lowest BCUT2D eigenvalue weighted by Gasteiger charge is -2.44. The molecule has 0 radical (unpaired) electrons. The summed E-state index contributed by atoms with van der Waals surface area (Å²) < 4.78 is 13.2. The molecule has 1 aliphatic heterocycles. The zero-order valence-electron chi connectivity index (χ0n) is 17.3. The summed E-state index contributed by atoms with van der Waals surface area (Å²) in [4.78, 5) is 4.43. The summed E-state index contributed by atoms with van der Waals surface area (Å²) in [5.41, 5.74) is 3.15. The van der Waals surface area contributed by atoms with E-state index >= 15 is 0 Å². The van der Waals surface area contributed by atoms with Gasteiger partial charge in [-0.05, 0) is 53.6 Å². The molecule has 7 heteroatoms. The average Bonchev–Trinajstić information content (AvgIpc) is 2.80. The van der Waals surface area contributed by atoms with Crippen LogP contribution in [0.4, 0.5) is 10.1 Å². The Balaban J connectivity index is 1.58. The molecule has 1 fully saturated rings. The number of rotatable bonds is 5. The highest BCUT2D eigenvalue weighted by Crippen LogP contribution is 2.36. The number of β-amino-alcohol motifs (C(OH)–C–C–N with tert-alkyl or cyclic N) is 1. The third-order valence-corrected chi connectivity index (χ3v) is 6.35. The molecule has 1 unspecified atom stereocenters. The Morgan fingerprint density at radius 2 is 1.75 bits per heavy atom. The van der Waals surface area contributed by atoms with E-state index in [4.69, 9.17) is 28.5 Å². The van der Waals surface area contributed by atoms with Crippen molar-refractivity contribution in [2.45, 2.75) is 12.1 Å². The van der Waals surface area contributed by atoms with E-state index in [0.717, 1.165) is 17.8 Å². The molecule has 4 nitrogen and oxygen atoms in total. The first-order chi connectivity index (χ1) is 15.4. The minimum atomic E-state index is -0.716. The molecule has 0 aliphatic carbocycles. The molecule has 3 aromatic rings. The first-order valence-electron chi connectivity index (χ1n) is 10.3. The van der Waals surface area contributed by atoms with Gasteiger partial charge in [0.1, 0.15) is 5.82 Å². The minimum absolute atomic E-state index is 0.0214. The summed E-state index contributed by atoms with van der Waals surface area (Å²) in [7, 11) is 0. The van der Waals surface area contributed by atoms with E-state index in [1.165, 1.54) is 12.1 Å².